The molecule has 1 atom stereocenters. The van der Waals surface area contributed by atoms with Gasteiger partial charge in [0.15, 0.2) is 0 Å². The summed E-state index contributed by atoms with van der Waals surface area (Å²) >= 11 is 9.36. The minimum atomic E-state index is -1.01. The van der Waals surface area contributed by atoms with Crippen molar-refractivity contribution in [3.63, 3.8) is 0 Å². The molecule has 0 heterocycles. The maximum absolute atomic E-state index is 12.9. The largest absolute Gasteiger partial charge is 0.383 e. The quantitative estimate of drug-likeness (QED) is 0.425. The summed E-state index contributed by atoms with van der Waals surface area (Å²) in [5.74, 6) is -0.952. The third kappa shape index (κ3) is 5.53. The zero-order valence-electron chi connectivity index (χ0n) is 15.2. The zero-order chi connectivity index (χ0) is 20.8. The van der Waals surface area contributed by atoms with E-state index >= 15 is 0 Å². The normalized spacial score (nSPS) is 12.3. The van der Waals surface area contributed by atoms with Crippen molar-refractivity contribution in [1.29, 1.82) is 0 Å². The fourth-order valence-electron chi connectivity index (χ4n) is 2.67. The molecule has 5 nitrogen and oxygen atoms in total. The van der Waals surface area contributed by atoms with Crippen molar-refractivity contribution in [2.75, 3.05) is 0 Å². The fourth-order valence-corrected chi connectivity index (χ4v) is 3.28. The Morgan fingerprint density at radius 1 is 0.931 bits per heavy atom. The lowest BCUT2D eigenvalue weighted by atomic mass is 10.1. The highest BCUT2D eigenvalue weighted by atomic mass is 79.9. The Kier molecular flexibility index (Phi) is 6.80. The summed E-state index contributed by atoms with van der Waals surface area (Å²) in [6.45, 7) is 0. The first-order valence-corrected chi connectivity index (χ1v) is 9.86. The summed E-state index contributed by atoms with van der Waals surface area (Å²) < 4.78 is 0.768. The lowest BCUT2D eigenvalue weighted by Crippen LogP contribution is -2.34. The van der Waals surface area contributed by atoms with Gasteiger partial charge in [-0.15, -0.1) is 0 Å². The van der Waals surface area contributed by atoms with Gasteiger partial charge in [-0.3, -0.25) is 9.59 Å². The van der Waals surface area contributed by atoms with E-state index in [1.54, 1.807) is 60.7 Å². The van der Waals surface area contributed by atoms with Gasteiger partial charge in [0.2, 0.25) is 0 Å². The molecule has 3 rings (SSSR count). The number of nitrogens with one attached hydrogen (secondary N) is 1. The van der Waals surface area contributed by atoms with E-state index in [1.165, 1.54) is 6.07 Å². The number of hydrogen-bond acceptors (Lipinski definition) is 2. The molecule has 0 radical (unpaired) electrons. The molecule has 0 bridgehead atoms. The van der Waals surface area contributed by atoms with Crippen molar-refractivity contribution in [1.82, 2.24) is 5.32 Å². The van der Waals surface area contributed by atoms with E-state index in [2.05, 4.69) is 26.2 Å². The minimum absolute atomic E-state index is 0.0765. The first-order chi connectivity index (χ1) is 13.9. The van der Waals surface area contributed by atoms with E-state index in [9.17, 15) is 9.59 Å². The van der Waals surface area contributed by atoms with Gasteiger partial charge in [0.1, 0.15) is 11.9 Å². The van der Waals surface area contributed by atoms with Crippen LogP contribution in [0.2, 0.25) is 5.02 Å². The second-order valence-corrected chi connectivity index (χ2v) is 7.53. The number of benzene rings is 3. The van der Waals surface area contributed by atoms with Crippen molar-refractivity contribution in [3.05, 3.63) is 105 Å². The number of rotatable bonds is 5. The maximum atomic E-state index is 12.9. The van der Waals surface area contributed by atoms with Crippen LogP contribution in [0.3, 0.4) is 0 Å². The zero-order valence-corrected chi connectivity index (χ0v) is 17.5. The molecule has 0 aromatic heterocycles. The summed E-state index contributed by atoms with van der Waals surface area (Å²) in [5.41, 5.74) is 7.53. The molecule has 3 aromatic carbocycles. The third-order valence-electron chi connectivity index (χ3n) is 4.09. The molecule has 0 saturated carbocycles. The van der Waals surface area contributed by atoms with Crippen LogP contribution in [0.4, 0.5) is 0 Å². The number of carbonyl (C=O) groups excluding carboxylic acids is 2. The van der Waals surface area contributed by atoms with E-state index < -0.39 is 17.9 Å². The Morgan fingerprint density at radius 2 is 1.62 bits per heavy atom. The minimum Gasteiger partial charge on any atom is -0.383 e. The fraction of sp³-hybridized carbons (Fsp3) is 0.0455. The highest BCUT2D eigenvalue weighted by Crippen LogP contribution is 2.21. The summed E-state index contributed by atoms with van der Waals surface area (Å²) in [4.78, 5) is 29.7. The van der Waals surface area contributed by atoms with Gasteiger partial charge in [-0.25, -0.2) is 0 Å². The smallest absolute Gasteiger partial charge is 0.274 e. The van der Waals surface area contributed by atoms with E-state index in [0.717, 1.165) is 4.47 Å². The van der Waals surface area contributed by atoms with Gasteiger partial charge in [0.25, 0.3) is 11.8 Å². The lowest BCUT2D eigenvalue weighted by molar-refractivity contribution is -0.119. The van der Waals surface area contributed by atoms with Gasteiger partial charge in [0.05, 0.1) is 0 Å². The molecular formula is C22H17BrClN3O2. The van der Waals surface area contributed by atoms with Crippen molar-refractivity contribution < 1.29 is 9.59 Å². The van der Waals surface area contributed by atoms with Crippen LogP contribution < -0.4 is 11.1 Å². The van der Waals surface area contributed by atoms with Crippen LogP contribution in [0.1, 0.15) is 27.5 Å². The Morgan fingerprint density at radius 3 is 2.31 bits per heavy atom. The van der Waals surface area contributed by atoms with Gasteiger partial charge in [-0.1, -0.05) is 76.1 Å². The number of nitrogens with zero attached hydrogens (tertiary/aromatic N) is 1. The number of hydrogen-bond donors (Lipinski definition) is 2. The van der Waals surface area contributed by atoms with Gasteiger partial charge in [-0.05, 0) is 35.9 Å². The van der Waals surface area contributed by atoms with Crippen LogP contribution in [0.25, 0.3) is 0 Å². The highest BCUT2D eigenvalue weighted by Gasteiger charge is 2.24. The highest BCUT2D eigenvalue weighted by molar-refractivity contribution is 9.10. The SMILES string of the molecule is NC(=NC(=O)C(NC(=O)c1cccc(Cl)c1)c1cccc(Br)c1)c1ccccc1. The van der Waals surface area contributed by atoms with Crippen LogP contribution in [-0.4, -0.2) is 17.6 Å². The number of amidine groups is 1. The number of carbonyl (C=O) groups is 2. The Hall–Kier alpha value is -2.96. The number of nitrogens with two attached hydrogens (primary N) is 1. The molecule has 3 aromatic rings. The van der Waals surface area contributed by atoms with Crippen LogP contribution in [0.5, 0.6) is 0 Å². The summed E-state index contributed by atoms with van der Waals surface area (Å²) in [6.07, 6.45) is 0. The molecule has 0 aliphatic rings. The molecule has 29 heavy (non-hydrogen) atoms. The van der Waals surface area contributed by atoms with Gasteiger partial charge in [0, 0.05) is 20.6 Å². The van der Waals surface area contributed by atoms with Gasteiger partial charge in [-0.2, -0.15) is 4.99 Å². The first-order valence-electron chi connectivity index (χ1n) is 8.69. The van der Waals surface area contributed by atoms with Crippen molar-refractivity contribution >= 4 is 45.2 Å². The van der Waals surface area contributed by atoms with Crippen LogP contribution >= 0.6 is 27.5 Å². The molecule has 0 spiro atoms. The van der Waals surface area contributed by atoms with E-state index in [0.29, 0.717) is 21.7 Å². The molecule has 146 valence electrons. The monoisotopic (exact) mass is 469 g/mol. The molecule has 0 aliphatic heterocycles. The topological polar surface area (TPSA) is 84.5 Å². The van der Waals surface area contributed by atoms with Crippen molar-refractivity contribution in [3.8, 4) is 0 Å². The summed E-state index contributed by atoms with van der Waals surface area (Å²) in [5, 5.41) is 3.16. The third-order valence-corrected chi connectivity index (χ3v) is 4.82. The molecule has 1 unspecified atom stereocenters. The molecule has 7 heteroatoms. The summed E-state index contributed by atoms with van der Waals surface area (Å²) in [7, 11) is 0. The van der Waals surface area contributed by atoms with E-state index in [4.69, 9.17) is 17.3 Å². The molecule has 3 N–H and O–H groups in total. The predicted molar refractivity (Wildman–Crippen MR) is 118 cm³/mol. The molecule has 0 aliphatic carbocycles. The Labute approximate surface area is 181 Å². The average Bonchev–Trinajstić information content (AvgIpc) is 2.72. The van der Waals surface area contributed by atoms with Crippen LogP contribution in [-0.2, 0) is 4.79 Å². The first kappa shape index (κ1) is 20.8. The number of amides is 2. The van der Waals surface area contributed by atoms with Gasteiger partial charge >= 0.3 is 0 Å². The molecule has 2 amide bonds. The summed E-state index contributed by atoms with van der Waals surface area (Å²) in [6, 6.07) is 21.5. The number of aliphatic imine (C=N–C) groups is 1. The standard InChI is InChI=1S/C22H17BrClN3O2/c23-17-10-4-8-15(12-17)19(26-21(28)16-9-5-11-18(24)13-16)22(29)27-20(25)14-6-2-1-3-7-14/h1-13,19H,(H,26,28)(H2,25,27,29). The van der Waals surface area contributed by atoms with Crippen molar-refractivity contribution in [2.24, 2.45) is 10.7 Å². The van der Waals surface area contributed by atoms with Crippen LogP contribution in [0.15, 0.2) is 88.3 Å². The molecule has 0 saturated heterocycles. The number of halogens is 2. The predicted octanol–water partition coefficient (Wildman–Crippen LogP) is 4.51. The van der Waals surface area contributed by atoms with Crippen LogP contribution in [0, 0.1) is 0 Å². The average molecular weight is 471 g/mol. The maximum Gasteiger partial charge on any atom is 0.274 e. The van der Waals surface area contributed by atoms with Crippen molar-refractivity contribution in [2.45, 2.75) is 6.04 Å². The Bertz CT molecular complexity index is 1070. The van der Waals surface area contributed by atoms with E-state index in [-0.39, 0.29) is 5.84 Å². The molecular weight excluding hydrogens is 454 g/mol. The second kappa shape index (κ2) is 9.49. The van der Waals surface area contributed by atoms with E-state index in [1.807, 2.05) is 12.1 Å². The van der Waals surface area contributed by atoms with Gasteiger partial charge < -0.3 is 11.1 Å². The lowest BCUT2D eigenvalue weighted by Gasteiger charge is -2.17. The Balaban J connectivity index is 1.93. The second-order valence-electron chi connectivity index (χ2n) is 6.17. The molecule has 0 fully saturated rings.